The van der Waals surface area contributed by atoms with Gasteiger partial charge in [0.2, 0.25) is 0 Å². The molecule has 44 heavy (non-hydrogen) atoms. The van der Waals surface area contributed by atoms with Crippen molar-refractivity contribution >= 4 is 19.2 Å². The van der Waals surface area contributed by atoms with Gasteiger partial charge in [-0.2, -0.15) is 11.1 Å². The van der Waals surface area contributed by atoms with E-state index >= 15 is 0 Å². The van der Waals surface area contributed by atoms with Crippen LogP contribution in [0.1, 0.15) is 97.2 Å². The Morgan fingerprint density at radius 2 is 0.886 bits per heavy atom. The van der Waals surface area contributed by atoms with Crippen molar-refractivity contribution < 1.29 is 58.9 Å². The standard InChI is InChI=1S/C39H51Si.3ClH.Ti/c1-24-14-25(2)17-34(16-24)40(35-18-26(3)15-27(4)19-35)23-36-29(6)28(5)30(7)37(36)31-20-32(38(8,9)10)22-33(21-31)39(11,12)13;;;;/h14-22,40H,23H2,1-13H3;3*1H;/q-1;;;;+4/p-3. The zero-order valence-electron chi connectivity index (χ0n) is 29.1. The smallest absolute Gasteiger partial charge is 1.00 e. The average Bonchev–Trinajstić information content (AvgIpc) is 3.03. The Kier molecular flexibility index (Phi) is 15.6. The summed E-state index contributed by atoms with van der Waals surface area (Å²) in [6.45, 7) is 30.1. The van der Waals surface area contributed by atoms with E-state index in [2.05, 4.69) is 145 Å². The molecule has 0 fully saturated rings. The Labute approximate surface area is 304 Å². The summed E-state index contributed by atoms with van der Waals surface area (Å²) in [6.07, 6.45) is 0. The van der Waals surface area contributed by atoms with E-state index in [4.69, 9.17) is 0 Å². The van der Waals surface area contributed by atoms with Gasteiger partial charge in [-0.1, -0.05) is 172 Å². The minimum absolute atomic E-state index is 0. The minimum Gasteiger partial charge on any atom is -1.00 e. The average molecular weight is 702 g/mol. The number of aryl methyl sites for hydroxylation is 4. The van der Waals surface area contributed by atoms with Crippen molar-refractivity contribution in [2.24, 2.45) is 0 Å². The van der Waals surface area contributed by atoms with Crippen molar-refractivity contribution in [1.82, 2.24) is 0 Å². The first-order chi connectivity index (χ1) is 18.5. The first kappa shape index (κ1) is 42.8. The monoisotopic (exact) mass is 700 g/mol. The van der Waals surface area contributed by atoms with Gasteiger partial charge in [0.15, 0.2) is 0 Å². The van der Waals surface area contributed by atoms with E-state index in [0.29, 0.717) is 0 Å². The fourth-order valence-electron chi connectivity index (χ4n) is 6.45. The zero-order chi connectivity index (χ0) is 29.7. The Bertz CT molecular complexity index is 1440. The Morgan fingerprint density at radius 1 is 0.523 bits per heavy atom. The van der Waals surface area contributed by atoms with Crippen LogP contribution >= 0.6 is 0 Å². The minimum atomic E-state index is -1.57. The molecule has 0 N–H and O–H groups in total. The van der Waals surface area contributed by atoms with Crippen molar-refractivity contribution in [2.75, 3.05) is 0 Å². The molecular weight excluding hydrogens is 651 g/mol. The second-order valence-electron chi connectivity index (χ2n) is 14.6. The summed E-state index contributed by atoms with van der Waals surface area (Å²) in [5.41, 5.74) is 17.4. The van der Waals surface area contributed by atoms with E-state index < -0.39 is 8.80 Å². The first-order valence-electron chi connectivity index (χ1n) is 15.0. The Hall–Kier alpha value is -1.19. The predicted octanol–water partition coefficient (Wildman–Crippen LogP) is -0.0409. The topological polar surface area (TPSA) is 0 Å². The van der Waals surface area contributed by atoms with Crippen LogP contribution in [0.5, 0.6) is 0 Å². The molecule has 0 amide bonds. The Morgan fingerprint density at radius 3 is 1.23 bits per heavy atom. The largest absolute Gasteiger partial charge is 4.00 e. The maximum Gasteiger partial charge on any atom is 4.00 e. The molecule has 0 aromatic heterocycles. The molecule has 0 unspecified atom stereocenters. The van der Waals surface area contributed by atoms with Gasteiger partial charge in [-0.3, -0.25) is 0 Å². The molecular formula is C39H51Cl3SiTi. The maximum atomic E-state index is 2.49. The molecule has 0 saturated carbocycles. The quantitative estimate of drug-likeness (QED) is 0.203. The molecule has 4 aromatic carbocycles. The molecule has 0 aliphatic carbocycles. The molecule has 5 heteroatoms. The second kappa shape index (κ2) is 16.1. The molecule has 0 aliphatic heterocycles. The normalized spacial score (nSPS) is 11.3. The molecule has 0 saturated heterocycles. The summed E-state index contributed by atoms with van der Waals surface area (Å²) in [4.78, 5) is 0. The van der Waals surface area contributed by atoms with Crippen molar-refractivity contribution in [3.8, 4) is 11.1 Å². The van der Waals surface area contributed by atoms with Gasteiger partial charge in [-0.05, 0) is 38.5 Å². The maximum absolute atomic E-state index is 2.49. The molecule has 0 spiro atoms. The number of halogens is 3. The van der Waals surface area contributed by atoms with E-state index in [1.807, 2.05) is 0 Å². The third-order valence-corrected chi connectivity index (χ3v) is 12.0. The number of benzene rings is 3. The van der Waals surface area contributed by atoms with Crippen molar-refractivity contribution in [1.29, 1.82) is 0 Å². The zero-order valence-corrected chi connectivity index (χ0v) is 34.1. The van der Waals surface area contributed by atoms with E-state index in [0.717, 1.165) is 6.04 Å². The Balaban J connectivity index is 0.00000462. The van der Waals surface area contributed by atoms with Crippen LogP contribution in [0.2, 0.25) is 0 Å². The summed E-state index contributed by atoms with van der Waals surface area (Å²) >= 11 is 0. The molecule has 0 heterocycles. The van der Waals surface area contributed by atoms with Gasteiger partial charge >= 0.3 is 21.7 Å². The summed E-state index contributed by atoms with van der Waals surface area (Å²) < 4.78 is 0. The third-order valence-electron chi connectivity index (χ3n) is 8.91. The van der Waals surface area contributed by atoms with Crippen LogP contribution in [0.3, 0.4) is 0 Å². The van der Waals surface area contributed by atoms with Gasteiger partial charge in [-0.15, -0.1) is 16.7 Å². The van der Waals surface area contributed by atoms with Crippen LogP contribution in [0.4, 0.5) is 0 Å². The van der Waals surface area contributed by atoms with Crippen molar-refractivity contribution in [2.45, 2.75) is 107 Å². The van der Waals surface area contributed by atoms with E-state index in [1.54, 1.807) is 15.9 Å². The number of rotatable bonds is 5. The molecule has 4 rings (SSSR count). The fourth-order valence-corrected chi connectivity index (χ4v) is 10.1. The van der Waals surface area contributed by atoms with Gasteiger partial charge in [0.25, 0.3) is 0 Å². The van der Waals surface area contributed by atoms with E-state index in [-0.39, 0.29) is 69.8 Å². The van der Waals surface area contributed by atoms with Crippen molar-refractivity contribution in [3.63, 3.8) is 0 Å². The van der Waals surface area contributed by atoms with Crippen LogP contribution in [-0.4, -0.2) is 8.80 Å². The first-order valence-corrected chi connectivity index (χ1v) is 17.0. The van der Waals surface area contributed by atoms with E-state index in [1.165, 1.54) is 61.2 Å². The van der Waals surface area contributed by atoms with Gasteiger partial charge in [0.1, 0.15) is 0 Å². The van der Waals surface area contributed by atoms with Crippen LogP contribution in [0, 0.1) is 48.5 Å². The molecule has 236 valence electrons. The predicted molar refractivity (Wildman–Crippen MR) is 181 cm³/mol. The van der Waals surface area contributed by atoms with E-state index in [9.17, 15) is 0 Å². The van der Waals surface area contributed by atoms with Crippen LogP contribution in [0.15, 0.2) is 54.6 Å². The number of hydrogen-bond donors (Lipinski definition) is 0. The molecule has 0 bridgehead atoms. The SMILES string of the molecule is Cc1cc(C)cc([SiH](C[c-]2c(C)c(C)c(C)c2-c2cc(C(C)(C)C)cc(C(C)(C)C)c2)c2cc(C)cc(C)c2)c1.[Cl-].[Cl-].[Cl-].[Ti+4]. The van der Waals surface area contributed by atoms with Crippen molar-refractivity contribution in [3.05, 3.63) is 110 Å². The number of hydrogen-bond acceptors (Lipinski definition) is 0. The van der Waals surface area contributed by atoms with Gasteiger partial charge in [-0.25, -0.2) is 0 Å². The molecule has 0 nitrogen and oxygen atoms in total. The van der Waals surface area contributed by atoms with Crippen LogP contribution < -0.4 is 47.6 Å². The molecule has 0 atom stereocenters. The van der Waals surface area contributed by atoms with Crippen LogP contribution in [-0.2, 0) is 38.6 Å². The van der Waals surface area contributed by atoms with Gasteiger partial charge in [0.05, 0.1) is 8.80 Å². The second-order valence-corrected chi connectivity index (χ2v) is 17.5. The van der Waals surface area contributed by atoms with Crippen LogP contribution in [0.25, 0.3) is 11.1 Å². The fraction of sp³-hybridized carbons (Fsp3) is 0.410. The summed E-state index contributed by atoms with van der Waals surface area (Å²) in [5, 5.41) is 3.12. The summed E-state index contributed by atoms with van der Waals surface area (Å²) in [7, 11) is -1.57. The summed E-state index contributed by atoms with van der Waals surface area (Å²) in [6, 6.07) is 23.1. The molecule has 0 aliphatic rings. The third kappa shape index (κ3) is 9.43. The van der Waals surface area contributed by atoms with Gasteiger partial charge < -0.3 is 37.2 Å². The van der Waals surface area contributed by atoms with Gasteiger partial charge in [0, 0.05) is 0 Å². The summed E-state index contributed by atoms with van der Waals surface area (Å²) in [5.74, 6) is 0. The molecule has 4 aromatic rings. The molecule has 0 radical (unpaired) electrons.